The molecule has 0 aliphatic rings. The molecule has 0 amide bonds. The van der Waals surface area contributed by atoms with E-state index in [0.29, 0.717) is 17.9 Å². The highest BCUT2D eigenvalue weighted by atomic mass is 32.2. The van der Waals surface area contributed by atoms with E-state index in [1.54, 1.807) is 27.4 Å². The third kappa shape index (κ3) is 4.81. The van der Waals surface area contributed by atoms with Crippen molar-refractivity contribution in [1.29, 1.82) is 0 Å². The Morgan fingerprint density at radius 1 is 1.44 bits per heavy atom. The highest BCUT2D eigenvalue weighted by Crippen LogP contribution is 2.38. The first-order valence-electron chi connectivity index (χ1n) is 5.72. The third-order valence-electron chi connectivity index (χ3n) is 2.65. The molecule has 18 heavy (non-hydrogen) atoms. The Hall–Kier alpha value is -0.220. The number of halogens is 2. The predicted octanol–water partition coefficient (Wildman–Crippen LogP) is 3.86. The van der Waals surface area contributed by atoms with Gasteiger partial charge in [-0.25, -0.2) is 0 Å². The van der Waals surface area contributed by atoms with Crippen LogP contribution in [0.5, 0.6) is 0 Å². The summed E-state index contributed by atoms with van der Waals surface area (Å²) in [5.74, 6) is 0.640. The van der Waals surface area contributed by atoms with Crippen LogP contribution in [0.2, 0.25) is 0 Å². The van der Waals surface area contributed by atoms with Crippen LogP contribution in [0.4, 0.5) is 8.78 Å². The van der Waals surface area contributed by atoms with E-state index < -0.39 is 5.66 Å². The van der Waals surface area contributed by atoms with Gasteiger partial charge in [0, 0.05) is 17.4 Å². The van der Waals surface area contributed by atoms with Crippen LogP contribution in [0, 0.1) is 0 Å². The molecule has 0 aliphatic carbocycles. The normalized spacial score (nSPS) is 13.6. The number of rotatable bonds is 7. The molecular formula is C12H18F2NOPS. The molecule has 2 N–H and O–H groups in total. The zero-order valence-corrected chi connectivity index (χ0v) is 12.2. The smallest absolute Gasteiger partial charge is 0.284 e. The first-order chi connectivity index (χ1) is 8.46. The van der Waals surface area contributed by atoms with Crippen LogP contribution in [-0.2, 0) is 5.66 Å². The monoisotopic (exact) mass is 293 g/mol. The molecule has 1 aromatic carbocycles. The molecule has 0 spiro atoms. The van der Waals surface area contributed by atoms with Gasteiger partial charge in [0.2, 0.25) is 0 Å². The summed E-state index contributed by atoms with van der Waals surface area (Å²) < 4.78 is 35.4. The molecule has 2 nitrogen and oxygen atoms in total. The second-order valence-electron chi connectivity index (χ2n) is 4.07. The van der Waals surface area contributed by atoms with E-state index in [2.05, 4.69) is 5.32 Å². The van der Waals surface area contributed by atoms with Crippen molar-refractivity contribution in [2.75, 3.05) is 12.3 Å². The molecular weight excluding hydrogens is 275 g/mol. The zero-order valence-electron chi connectivity index (χ0n) is 10.2. The third-order valence-corrected chi connectivity index (χ3v) is 3.43. The van der Waals surface area contributed by atoms with E-state index >= 15 is 0 Å². The Morgan fingerprint density at radius 3 is 2.72 bits per heavy atom. The van der Waals surface area contributed by atoms with E-state index in [1.165, 1.54) is 6.07 Å². The Labute approximate surface area is 113 Å². The van der Waals surface area contributed by atoms with Crippen LogP contribution in [0.1, 0.15) is 30.5 Å². The molecule has 0 saturated carbocycles. The van der Waals surface area contributed by atoms with Gasteiger partial charge < -0.3 is 9.87 Å². The summed E-state index contributed by atoms with van der Waals surface area (Å²) >= 11 is 0.793. The second kappa shape index (κ2) is 7.39. The van der Waals surface area contributed by atoms with Crippen molar-refractivity contribution in [2.24, 2.45) is 0 Å². The first kappa shape index (κ1) is 15.8. The lowest BCUT2D eigenvalue weighted by atomic mass is 10.0. The Morgan fingerprint density at radius 2 is 2.11 bits per heavy atom. The topological polar surface area (TPSA) is 32.3 Å². The number of hydrogen-bond donors (Lipinski definition) is 2. The van der Waals surface area contributed by atoms with Gasteiger partial charge in [-0.2, -0.15) is 8.78 Å². The van der Waals surface area contributed by atoms with Gasteiger partial charge in [-0.05, 0) is 37.5 Å². The maximum Gasteiger partial charge on any atom is 0.284 e. The fraction of sp³-hybridized carbons (Fsp3) is 0.500. The number of hydrogen-bond acceptors (Lipinski definition) is 3. The van der Waals surface area contributed by atoms with Gasteiger partial charge in [0.15, 0.2) is 0 Å². The molecule has 0 heterocycles. The largest absolute Gasteiger partial charge is 0.330 e. The number of alkyl halides is 2. The van der Waals surface area contributed by atoms with Crippen LogP contribution in [0.3, 0.4) is 0 Å². The molecule has 6 heteroatoms. The van der Waals surface area contributed by atoms with Crippen molar-refractivity contribution in [3.63, 3.8) is 0 Å². The van der Waals surface area contributed by atoms with Gasteiger partial charge in [-0.15, -0.1) is 0 Å². The number of nitrogens with one attached hydrogen (secondary N) is 1. The molecule has 102 valence electrons. The van der Waals surface area contributed by atoms with Gasteiger partial charge in [-0.3, -0.25) is 0 Å². The first-order valence-corrected chi connectivity index (χ1v) is 7.24. The van der Waals surface area contributed by atoms with E-state index in [-0.39, 0.29) is 11.6 Å². The standard InChI is InChI=1S/C12H18F2NOPS/c1-9(15-7-4-8-18-16)10-5-2-3-6-11(10)12(13,14)17/h2-3,5-6,9,15-16H,4,7-8,17H2,1H3. The fourth-order valence-electron chi connectivity index (χ4n) is 1.74. The van der Waals surface area contributed by atoms with E-state index in [1.807, 2.05) is 6.92 Å². The molecule has 2 unspecified atom stereocenters. The van der Waals surface area contributed by atoms with Crippen molar-refractivity contribution in [3.05, 3.63) is 35.4 Å². The Kier molecular flexibility index (Phi) is 6.50. The van der Waals surface area contributed by atoms with Gasteiger partial charge in [0.05, 0.1) is 0 Å². The van der Waals surface area contributed by atoms with E-state index in [4.69, 9.17) is 4.55 Å². The lowest BCUT2D eigenvalue weighted by Gasteiger charge is -2.21. The van der Waals surface area contributed by atoms with Crippen LogP contribution >= 0.6 is 21.3 Å². The lowest BCUT2D eigenvalue weighted by molar-refractivity contribution is 0.102. The van der Waals surface area contributed by atoms with E-state index in [0.717, 1.165) is 18.5 Å². The quantitative estimate of drug-likeness (QED) is 0.455. The average Bonchev–Trinajstić information content (AvgIpc) is 2.33. The minimum absolute atomic E-state index is 0.0338. The van der Waals surface area contributed by atoms with Crippen molar-refractivity contribution >= 4 is 21.3 Å². The maximum absolute atomic E-state index is 13.4. The van der Waals surface area contributed by atoms with Crippen molar-refractivity contribution in [3.8, 4) is 0 Å². The highest BCUT2D eigenvalue weighted by molar-refractivity contribution is 7.93. The minimum atomic E-state index is -2.91. The van der Waals surface area contributed by atoms with Gasteiger partial charge >= 0.3 is 0 Å². The van der Waals surface area contributed by atoms with Crippen LogP contribution < -0.4 is 5.32 Å². The van der Waals surface area contributed by atoms with Crippen LogP contribution in [0.25, 0.3) is 0 Å². The van der Waals surface area contributed by atoms with Crippen molar-refractivity contribution < 1.29 is 13.3 Å². The summed E-state index contributed by atoms with van der Waals surface area (Å²) in [6.45, 7) is 2.55. The highest BCUT2D eigenvalue weighted by Gasteiger charge is 2.28. The summed E-state index contributed by atoms with van der Waals surface area (Å²) in [5, 5.41) is 3.18. The fourth-order valence-corrected chi connectivity index (χ4v) is 2.28. The van der Waals surface area contributed by atoms with Gasteiger partial charge in [0.1, 0.15) is 0 Å². The molecule has 1 rings (SSSR count). The van der Waals surface area contributed by atoms with E-state index in [9.17, 15) is 8.78 Å². The predicted molar refractivity (Wildman–Crippen MR) is 76.2 cm³/mol. The van der Waals surface area contributed by atoms with Gasteiger partial charge in [-0.1, -0.05) is 33.5 Å². The zero-order chi connectivity index (χ0) is 13.6. The molecule has 0 bridgehead atoms. The summed E-state index contributed by atoms with van der Waals surface area (Å²) in [7, 11) is 1.58. The molecule has 2 atom stereocenters. The van der Waals surface area contributed by atoms with Gasteiger partial charge in [0.25, 0.3) is 5.66 Å². The summed E-state index contributed by atoms with van der Waals surface area (Å²) in [6.07, 6.45) is 0.797. The number of benzene rings is 1. The maximum atomic E-state index is 13.4. The molecule has 0 aromatic heterocycles. The lowest BCUT2D eigenvalue weighted by Crippen LogP contribution is -2.23. The summed E-state index contributed by atoms with van der Waals surface area (Å²) in [4.78, 5) is 0. The SMILES string of the molecule is CC(NCCCSO)c1ccccc1C(F)(F)P. The van der Waals surface area contributed by atoms with Crippen molar-refractivity contribution in [2.45, 2.75) is 25.1 Å². The molecule has 0 saturated heterocycles. The summed E-state index contributed by atoms with van der Waals surface area (Å²) in [5.41, 5.74) is -2.27. The molecule has 0 radical (unpaired) electrons. The van der Waals surface area contributed by atoms with Crippen LogP contribution in [-0.4, -0.2) is 16.9 Å². The summed E-state index contributed by atoms with van der Waals surface area (Å²) in [6, 6.07) is 6.40. The minimum Gasteiger partial charge on any atom is -0.330 e. The molecule has 0 aliphatic heterocycles. The Balaban J connectivity index is 2.70. The second-order valence-corrected chi connectivity index (χ2v) is 5.46. The van der Waals surface area contributed by atoms with Crippen LogP contribution in [0.15, 0.2) is 24.3 Å². The average molecular weight is 293 g/mol. The Bertz CT molecular complexity index is 373. The molecule has 1 aromatic rings. The molecule has 0 fully saturated rings. The van der Waals surface area contributed by atoms with Crippen molar-refractivity contribution in [1.82, 2.24) is 5.32 Å².